The third-order valence-corrected chi connectivity index (χ3v) is 2.66. The van der Waals surface area contributed by atoms with E-state index in [1.54, 1.807) is 0 Å². The normalized spacial score (nSPS) is 15.5. The summed E-state index contributed by atoms with van der Waals surface area (Å²) in [5, 5.41) is 14.9. The predicted octanol–water partition coefficient (Wildman–Crippen LogP) is 0.537. The number of anilines is 1. The summed E-state index contributed by atoms with van der Waals surface area (Å²) in [6, 6.07) is 0.553. The summed E-state index contributed by atoms with van der Waals surface area (Å²) < 4.78 is 0. The molecule has 0 spiro atoms. The van der Waals surface area contributed by atoms with Crippen molar-refractivity contribution in [3.8, 4) is 0 Å². The number of carbonyl (C=O) groups is 1. The second-order valence-corrected chi connectivity index (χ2v) is 4.51. The smallest absolute Gasteiger partial charge is 0.240 e. The second kappa shape index (κ2) is 4.02. The molecule has 0 aromatic carbocycles. The highest BCUT2D eigenvalue weighted by molar-refractivity contribution is 7.15. The van der Waals surface area contributed by atoms with E-state index in [1.807, 2.05) is 6.92 Å². The molecule has 0 aliphatic heterocycles. The van der Waals surface area contributed by atoms with Gasteiger partial charge in [-0.15, -0.1) is 10.2 Å². The fourth-order valence-electron chi connectivity index (χ4n) is 1.04. The van der Waals surface area contributed by atoms with Crippen molar-refractivity contribution in [2.45, 2.75) is 25.8 Å². The molecule has 1 amide bonds. The van der Waals surface area contributed by atoms with Crippen LogP contribution in [0.3, 0.4) is 0 Å². The van der Waals surface area contributed by atoms with Crippen molar-refractivity contribution in [1.82, 2.24) is 15.5 Å². The fourth-order valence-corrected chi connectivity index (χ4v) is 1.64. The molecule has 76 valence electrons. The van der Waals surface area contributed by atoms with Crippen LogP contribution in [0.15, 0.2) is 0 Å². The molecule has 1 fully saturated rings. The standard InChI is InChI=1S/C8H12N4OS/c1-5-11-12-8(14-5)10-7(13)4-9-6-2-3-6/h6,9H,2-4H2,1H3,(H,10,12,13). The SMILES string of the molecule is Cc1nnc(NC(=O)CNC2CC2)s1. The number of amides is 1. The van der Waals surface area contributed by atoms with Gasteiger partial charge in [-0.1, -0.05) is 11.3 Å². The minimum atomic E-state index is -0.0481. The van der Waals surface area contributed by atoms with Crippen molar-refractivity contribution in [2.24, 2.45) is 0 Å². The zero-order valence-corrected chi connectivity index (χ0v) is 8.73. The van der Waals surface area contributed by atoms with E-state index < -0.39 is 0 Å². The molecule has 1 saturated carbocycles. The molecule has 1 heterocycles. The minimum Gasteiger partial charge on any atom is -0.306 e. The number of aryl methyl sites for hydroxylation is 1. The van der Waals surface area contributed by atoms with Crippen molar-refractivity contribution < 1.29 is 4.79 Å². The number of hydrogen-bond donors (Lipinski definition) is 2. The summed E-state index contributed by atoms with van der Waals surface area (Å²) in [5.41, 5.74) is 0. The van der Waals surface area contributed by atoms with Crippen LogP contribution in [0.4, 0.5) is 5.13 Å². The Kier molecular flexibility index (Phi) is 2.74. The Labute approximate surface area is 85.9 Å². The number of nitrogens with one attached hydrogen (secondary N) is 2. The lowest BCUT2D eigenvalue weighted by molar-refractivity contribution is -0.115. The summed E-state index contributed by atoms with van der Waals surface area (Å²) in [6.07, 6.45) is 2.37. The lowest BCUT2D eigenvalue weighted by atomic mass is 10.5. The largest absolute Gasteiger partial charge is 0.306 e. The molecule has 1 aromatic heterocycles. The average molecular weight is 212 g/mol. The summed E-state index contributed by atoms with van der Waals surface area (Å²) in [5.74, 6) is -0.0481. The Morgan fingerprint density at radius 1 is 1.57 bits per heavy atom. The lowest BCUT2D eigenvalue weighted by Crippen LogP contribution is -2.29. The van der Waals surface area contributed by atoms with E-state index in [0.29, 0.717) is 17.7 Å². The van der Waals surface area contributed by atoms with Crippen LogP contribution in [-0.4, -0.2) is 28.7 Å². The second-order valence-electron chi connectivity index (χ2n) is 3.33. The van der Waals surface area contributed by atoms with E-state index in [4.69, 9.17) is 0 Å². The number of carbonyl (C=O) groups excluding carboxylic acids is 1. The van der Waals surface area contributed by atoms with Crippen LogP contribution in [0.25, 0.3) is 0 Å². The zero-order valence-electron chi connectivity index (χ0n) is 7.91. The summed E-state index contributed by atoms with van der Waals surface area (Å²) in [7, 11) is 0. The molecule has 1 aliphatic rings. The first-order valence-corrected chi connectivity index (χ1v) is 5.39. The average Bonchev–Trinajstić information content (AvgIpc) is 2.88. The van der Waals surface area contributed by atoms with Crippen LogP contribution in [0.1, 0.15) is 17.8 Å². The van der Waals surface area contributed by atoms with Gasteiger partial charge in [0.25, 0.3) is 0 Å². The molecule has 0 unspecified atom stereocenters. The maximum Gasteiger partial charge on any atom is 0.240 e. The number of rotatable bonds is 4. The zero-order chi connectivity index (χ0) is 9.97. The number of nitrogens with zero attached hydrogens (tertiary/aromatic N) is 2. The van der Waals surface area contributed by atoms with Crippen molar-refractivity contribution in [1.29, 1.82) is 0 Å². The van der Waals surface area contributed by atoms with Crippen molar-refractivity contribution in [3.05, 3.63) is 5.01 Å². The van der Waals surface area contributed by atoms with Crippen LogP contribution in [0, 0.1) is 6.92 Å². The molecule has 14 heavy (non-hydrogen) atoms. The highest BCUT2D eigenvalue weighted by Crippen LogP contribution is 2.18. The molecule has 2 N–H and O–H groups in total. The van der Waals surface area contributed by atoms with Crippen molar-refractivity contribution in [2.75, 3.05) is 11.9 Å². The molecule has 1 aromatic rings. The molecule has 0 bridgehead atoms. The van der Waals surface area contributed by atoms with Gasteiger partial charge in [0.15, 0.2) is 0 Å². The van der Waals surface area contributed by atoms with Gasteiger partial charge in [-0.2, -0.15) is 0 Å². The third-order valence-electron chi connectivity index (χ3n) is 1.90. The third kappa shape index (κ3) is 2.74. The van der Waals surface area contributed by atoms with Gasteiger partial charge in [0.1, 0.15) is 5.01 Å². The highest BCUT2D eigenvalue weighted by Gasteiger charge is 2.21. The van der Waals surface area contributed by atoms with Gasteiger partial charge in [0.05, 0.1) is 6.54 Å². The van der Waals surface area contributed by atoms with Gasteiger partial charge in [-0.25, -0.2) is 0 Å². The molecule has 1 aliphatic carbocycles. The molecular formula is C8H12N4OS. The number of hydrogen-bond acceptors (Lipinski definition) is 5. The lowest BCUT2D eigenvalue weighted by Gasteiger charge is -2.01. The summed E-state index contributed by atoms with van der Waals surface area (Å²) in [4.78, 5) is 11.3. The maximum atomic E-state index is 11.3. The van der Waals surface area contributed by atoms with E-state index in [9.17, 15) is 4.79 Å². The first kappa shape index (κ1) is 9.54. The van der Waals surface area contributed by atoms with Gasteiger partial charge in [0.2, 0.25) is 11.0 Å². The first-order valence-electron chi connectivity index (χ1n) is 4.57. The molecular weight excluding hydrogens is 200 g/mol. The minimum absolute atomic E-state index is 0.0481. The molecule has 0 atom stereocenters. The Bertz CT molecular complexity index is 334. The summed E-state index contributed by atoms with van der Waals surface area (Å²) >= 11 is 1.38. The van der Waals surface area contributed by atoms with Crippen molar-refractivity contribution >= 4 is 22.4 Å². The van der Waals surface area contributed by atoms with Gasteiger partial charge in [-0.05, 0) is 19.8 Å². The van der Waals surface area contributed by atoms with E-state index >= 15 is 0 Å². The van der Waals surface area contributed by atoms with E-state index in [0.717, 1.165) is 5.01 Å². The Morgan fingerprint density at radius 2 is 2.36 bits per heavy atom. The topological polar surface area (TPSA) is 66.9 Å². The Balaban J connectivity index is 1.75. The van der Waals surface area contributed by atoms with E-state index in [2.05, 4.69) is 20.8 Å². The first-order chi connectivity index (χ1) is 6.74. The highest BCUT2D eigenvalue weighted by atomic mass is 32.1. The van der Waals surface area contributed by atoms with Crippen LogP contribution in [-0.2, 0) is 4.79 Å². The molecule has 6 heteroatoms. The van der Waals surface area contributed by atoms with Crippen LogP contribution in [0.2, 0.25) is 0 Å². The summed E-state index contributed by atoms with van der Waals surface area (Å²) in [6.45, 7) is 2.22. The van der Waals surface area contributed by atoms with E-state index in [1.165, 1.54) is 24.2 Å². The van der Waals surface area contributed by atoms with Gasteiger partial charge in [0, 0.05) is 6.04 Å². The van der Waals surface area contributed by atoms with Crippen LogP contribution in [0.5, 0.6) is 0 Å². The van der Waals surface area contributed by atoms with Gasteiger partial charge in [-0.3, -0.25) is 10.1 Å². The predicted molar refractivity (Wildman–Crippen MR) is 54.3 cm³/mol. The molecule has 0 saturated heterocycles. The Morgan fingerprint density at radius 3 is 2.93 bits per heavy atom. The van der Waals surface area contributed by atoms with Crippen LogP contribution < -0.4 is 10.6 Å². The van der Waals surface area contributed by atoms with E-state index in [-0.39, 0.29) is 5.91 Å². The Hall–Kier alpha value is -1.01. The monoisotopic (exact) mass is 212 g/mol. The van der Waals surface area contributed by atoms with Gasteiger partial charge < -0.3 is 5.32 Å². The van der Waals surface area contributed by atoms with Crippen molar-refractivity contribution in [3.63, 3.8) is 0 Å². The quantitative estimate of drug-likeness (QED) is 0.764. The molecule has 0 radical (unpaired) electrons. The number of aromatic nitrogens is 2. The fraction of sp³-hybridized carbons (Fsp3) is 0.625. The van der Waals surface area contributed by atoms with Gasteiger partial charge >= 0.3 is 0 Å². The maximum absolute atomic E-state index is 11.3. The van der Waals surface area contributed by atoms with Crippen LogP contribution >= 0.6 is 11.3 Å². The molecule has 5 nitrogen and oxygen atoms in total. The molecule has 2 rings (SSSR count).